The molecule has 3 rings (SSSR count). The van der Waals surface area contributed by atoms with Crippen molar-refractivity contribution >= 4 is 24.0 Å². The lowest BCUT2D eigenvalue weighted by Crippen LogP contribution is -2.29. The molecular formula is C16H20ClF2N5O2. The van der Waals surface area contributed by atoms with Crippen molar-refractivity contribution in [1.29, 1.82) is 0 Å². The third kappa shape index (κ3) is 4.67. The summed E-state index contributed by atoms with van der Waals surface area (Å²) in [6.45, 7) is 0.505. The van der Waals surface area contributed by atoms with Crippen LogP contribution < -0.4 is 15.4 Å². The zero-order chi connectivity index (χ0) is 17.8. The van der Waals surface area contributed by atoms with E-state index < -0.39 is 12.5 Å². The highest BCUT2D eigenvalue weighted by Gasteiger charge is 2.20. The quantitative estimate of drug-likeness (QED) is 0.824. The number of rotatable bonds is 5. The van der Waals surface area contributed by atoms with Crippen molar-refractivity contribution < 1.29 is 18.3 Å². The molecule has 7 nitrogen and oxygen atoms in total. The van der Waals surface area contributed by atoms with Crippen molar-refractivity contribution in [1.82, 2.24) is 20.3 Å². The van der Waals surface area contributed by atoms with Crippen LogP contribution in [0.1, 0.15) is 34.9 Å². The molecule has 0 spiro atoms. The number of hydrogen-bond donors (Lipinski definition) is 2. The molecule has 0 saturated carbocycles. The highest BCUT2D eigenvalue weighted by atomic mass is 35.5. The number of halogens is 3. The molecule has 2 heterocycles. The van der Waals surface area contributed by atoms with E-state index in [1.54, 1.807) is 29.9 Å². The first-order chi connectivity index (χ1) is 12.0. The van der Waals surface area contributed by atoms with Gasteiger partial charge < -0.3 is 15.4 Å². The molecule has 1 aliphatic rings. The second kappa shape index (κ2) is 8.91. The summed E-state index contributed by atoms with van der Waals surface area (Å²) in [5.41, 5.74) is 0.936. The summed E-state index contributed by atoms with van der Waals surface area (Å²) < 4.78 is 31.2. The molecule has 0 atom stereocenters. The van der Waals surface area contributed by atoms with Gasteiger partial charge in [-0.05, 0) is 44.5 Å². The summed E-state index contributed by atoms with van der Waals surface area (Å²) in [5.74, 6) is -0.609. The molecule has 2 N–H and O–H groups in total. The molecule has 1 fully saturated rings. The average molecular weight is 388 g/mol. The standard InChI is InChI=1S/C16H19F2N5O2.ClH/c1-10-3-2-4-13(25-16(17)18)14(10)20-15(24)12-9-23(22-21-12)11-5-7-19-8-6-11;/h2-4,9,11,16,19H,5-8H2,1H3,(H,20,24);1H. The molecular weight excluding hydrogens is 368 g/mol. The van der Waals surface area contributed by atoms with E-state index in [1.807, 2.05) is 0 Å². The van der Waals surface area contributed by atoms with E-state index in [1.165, 1.54) is 6.07 Å². The summed E-state index contributed by atoms with van der Waals surface area (Å²) in [4.78, 5) is 12.4. The Morgan fingerprint density at radius 3 is 2.81 bits per heavy atom. The van der Waals surface area contributed by atoms with Crippen molar-refractivity contribution in [2.24, 2.45) is 0 Å². The van der Waals surface area contributed by atoms with Gasteiger partial charge in [0.15, 0.2) is 5.69 Å². The molecule has 1 saturated heterocycles. The van der Waals surface area contributed by atoms with E-state index in [0.717, 1.165) is 25.9 Å². The minimum absolute atomic E-state index is 0. The molecule has 1 amide bonds. The molecule has 0 aliphatic carbocycles. The Hall–Kier alpha value is -2.26. The van der Waals surface area contributed by atoms with Crippen molar-refractivity contribution in [3.63, 3.8) is 0 Å². The van der Waals surface area contributed by atoms with Gasteiger partial charge in [0.05, 0.1) is 17.9 Å². The maximum absolute atomic E-state index is 12.5. The highest BCUT2D eigenvalue weighted by Crippen LogP contribution is 2.29. The molecule has 1 aliphatic heterocycles. The minimum atomic E-state index is -2.97. The van der Waals surface area contributed by atoms with Crippen LogP contribution in [-0.4, -0.2) is 40.6 Å². The van der Waals surface area contributed by atoms with Gasteiger partial charge in [0.1, 0.15) is 5.75 Å². The number of aromatic nitrogens is 3. The molecule has 142 valence electrons. The van der Waals surface area contributed by atoms with Crippen LogP contribution in [0.25, 0.3) is 0 Å². The first kappa shape index (κ1) is 20.1. The van der Waals surface area contributed by atoms with Crippen molar-refractivity contribution in [2.75, 3.05) is 18.4 Å². The first-order valence-corrected chi connectivity index (χ1v) is 8.03. The molecule has 10 heteroatoms. The SMILES string of the molecule is Cc1cccc(OC(F)F)c1NC(=O)c1cn(C2CCNCC2)nn1.Cl. The fourth-order valence-electron chi connectivity index (χ4n) is 2.80. The van der Waals surface area contributed by atoms with Crippen LogP contribution in [0, 0.1) is 6.92 Å². The van der Waals surface area contributed by atoms with E-state index in [9.17, 15) is 13.6 Å². The van der Waals surface area contributed by atoms with Gasteiger partial charge in [0, 0.05) is 0 Å². The molecule has 0 unspecified atom stereocenters. The van der Waals surface area contributed by atoms with Gasteiger partial charge in [-0.2, -0.15) is 8.78 Å². The smallest absolute Gasteiger partial charge is 0.387 e. The Labute approximate surface area is 155 Å². The second-order valence-corrected chi connectivity index (χ2v) is 5.85. The summed E-state index contributed by atoms with van der Waals surface area (Å²) in [6.07, 6.45) is 3.40. The van der Waals surface area contributed by atoms with Crippen LogP contribution in [0.3, 0.4) is 0 Å². The van der Waals surface area contributed by atoms with Crippen LogP contribution in [0.4, 0.5) is 14.5 Å². The number of amides is 1. The first-order valence-electron chi connectivity index (χ1n) is 8.03. The van der Waals surface area contributed by atoms with E-state index in [4.69, 9.17) is 0 Å². The largest absolute Gasteiger partial charge is 0.433 e. The fraction of sp³-hybridized carbons (Fsp3) is 0.438. The monoisotopic (exact) mass is 387 g/mol. The number of nitrogens with one attached hydrogen (secondary N) is 2. The second-order valence-electron chi connectivity index (χ2n) is 5.85. The number of carbonyl (C=O) groups excluding carboxylic acids is 1. The van der Waals surface area contributed by atoms with Crippen LogP contribution in [-0.2, 0) is 0 Å². The number of piperidine rings is 1. The molecule has 0 bridgehead atoms. The number of anilines is 1. The predicted molar refractivity (Wildman–Crippen MR) is 94.2 cm³/mol. The number of ether oxygens (including phenoxy) is 1. The third-order valence-corrected chi connectivity index (χ3v) is 4.11. The van der Waals surface area contributed by atoms with Gasteiger partial charge in [-0.3, -0.25) is 4.79 Å². The highest BCUT2D eigenvalue weighted by molar-refractivity contribution is 6.03. The summed E-state index contributed by atoms with van der Waals surface area (Å²) >= 11 is 0. The Balaban J connectivity index is 0.00000243. The zero-order valence-corrected chi connectivity index (χ0v) is 14.9. The van der Waals surface area contributed by atoms with E-state index >= 15 is 0 Å². The number of aryl methyl sites for hydroxylation is 1. The summed E-state index contributed by atoms with van der Waals surface area (Å²) in [6, 6.07) is 4.85. The van der Waals surface area contributed by atoms with Crippen LogP contribution in [0.5, 0.6) is 5.75 Å². The molecule has 0 radical (unpaired) electrons. The molecule has 2 aromatic rings. The third-order valence-electron chi connectivity index (χ3n) is 4.11. The zero-order valence-electron chi connectivity index (χ0n) is 14.1. The lowest BCUT2D eigenvalue weighted by atomic mass is 10.1. The summed E-state index contributed by atoms with van der Waals surface area (Å²) in [5, 5.41) is 13.8. The fourth-order valence-corrected chi connectivity index (χ4v) is 2.80. The van der Waals surface area contributed by atoms with E-state index in [2.05, 4.69) is 25.7 Å². The number of carbonyl (C=O) groups is 1. The number of para-hydroxylation sites is 1. The maximum atomic E-state index is 12.5. The normalized spacial score (nSPS) is 14.8. The lowest BCUT2D eigenvalue weighted by Gasteiger charge is -2.22. The minimum Gasteiger partial charge on any atom is -0.433 e. The average Bonchev–Trinajstić information content (AvgIpc) is 3.08. The topological polar surface area (TPSA) is 81.1 Å². The van der Waals surface area contributed by atoms with Gasteiger partial charge in [-0.25, -0.2) is 4.68 Å². The Bertz CT molecular complexity index is 750. The van der Waals surface area contributed by atoms with Crippen molar-refractivity contribution in [2.45, 2.75) is 32.4 Å². The van der Waals surface area contributed by atoms with E-state index in [0.29, 0.717) is 5.56 Å². The van der Waals surface area contributed by atoms with Gasteiger partial charge in [0.2, 0.25) is 0 Å². The van der Waals surface area contributed by atoms with Crippen LogP contribution in [0.15, 0.2) is 24.4 Å². The number of hydrogen-bond acceptors (Lipinski definition) is 5. The lowest BCUT2D eigenvalue weighted by molar-refractivity contribution is -0.0493. The Kier molecular flexibility index (Phi) is 6.87. The van der Waals surface area contributed by atoms with Gasteiger partial charge in [0.25, 0.3) is 5.91 Å². The number of benzene rings is 1. The van der Waals surface area contributed by atoms with Gasteiger partial charge >= 0.3 is 6.61 Å². The molecule has 1 aromatic heterocycles. The van der Waals surface area contributed by atoms with Gasteiger partial charge in [-0.1, -0.05) is 17.3 Å². The number of alkyl halides is 2. The van der Waals surface area contributed by atoms with Gasteiger partial charge in [-0.15, -0.1) is 17.5 Å². The van der Waals surface area contributed by atoms with E-state index in [-0.39, 0.29) is 35.6 Å². The van der Waals surface area contributed by atoms with Crippen molar-refractivity contribution in [3.05, 3.63) is 35.7 Å². The number of nitrogens with zero attached hydrogens (tertiary/aromatic N) is 3. The Morgan fingerprint density at radius 2 is 2.12 bits per heavy atom. The molecule has 1 aromatic carbocycles. The van der Waals surface area contributed by atoms with Crippen LogP contribution in [0.2, 0.25) is 0 Å². The maximum Gasteiger partial charge on any atom is 0.387 e. The predicted octanol–water partition coefficient (Wildman–Crippen LogP) is 2.79. The van der Waals surface area contributed by atoms with Crippen molar-refractivity contribution in [3.8, 4) is 5.75 Å². The summed E-state index contributed by atoms with van der Waals surface area (Å²) in [7, 11) is 0. The Morgan fingerprint density at radius 1 is 1.38 bits per heavy atom. The van der Waals surface area contributed by atoms with Crippen LogP contribution >= 0.6 is 12.4 Å². The molecule has 26 heavy (non-hydrogen) atoms.